The number of H-pyrrole nitrogens is 1. The third kappa shape index (κ3) is 2.10. The van der Waals surface area contributed by atoms with Crippen molar-refractivity contribution in [3.8, 4) is 0 Å². The summed E-state index contributed by atoms with van der Waals surface area (Å²) in [5.41, 5.74) is 3.48. The summed E-state index contributed by atoms with van der Waals surface area (Å²) < 4.78 is 1.55. The molecule has 0 unspecified atom stereocenters. The van der Waals surface area contributed by atoms with Crippen molar-refractivity contribution in [2.45, 2.75) is 6.92 Å². The maximum atomic E-state index is 12.1. The van der Waals surface area contributed by atoms with Crippen LogP contribution in [0.1, 0.15) is 16.2 Å². The van der Waals surface area contributed by atoms with Crippen LogP contribution in [0.15, 0.2) is 36.5 Å². The summed E-state index contributed by atoms with van der Waals surface area (Å²) in [4.78, 5) is 15.3. The molecule has 0 saturated carbocycles. The molecule has 5 nitrogen and oxygen atoms in total. The van der Waals surface area contributed by atoms with Gasteiger partial charge < -0.3 is 10.3 Å². The number of aryl methyl sites for hydroxylation is 2. The summed E-state index contributed by atoms with van der Waals surface area (Å²) >= 11 is 0. The Kier molecular flexibility index (Phi) is 2.59. The van der Waals surface area contributed by atoms with Crippen LogP contribution in [0.4, 0.5) is 5.69 Å². The van der Waals surface area contributed by atoms with Gasteiger partial charge in [0.2, 0.25) is 0 Å². The SMILES string of the molecule is Cc1cc2cc(NC(=O)c3ccnn3C)ccc2[nH]1. The molecule has 0 aliphatic rings. The number of rotatable bonds is 2. The monoisotopic (exact) mass is 254 g/mol. The zero-order valence-electron chi connectivity index (χ0n) is 10.8. The number of aromatic nitrogens is 3. The van der Waals surface area contributed by atoms with E-state index in [1.807, 2.05) is 25.1 Å². The lowest BCUT2D eigenvalue weighted by molar-refractivity contribution is 0.101. The Morgan fingerprint density at radius 2 is 2.16 bits per heavy atom. The second kappa shape index (κ2) is 4.28. The zero-order chi connectivity index (χ0) is 13.4. The van der Waals surface area contributed by atoms with Crippen LogP contribution < -0.4 is 5.32 Å². The van der Waals surface area contributed by atoms with Gasteiger partial charge in [0, 0.05) is 35.5 Å². The Morgan fingerprint density at radius 1 is 1.32 bits per heavy atom. The highest BCUT2D eigenvalue weighted by Crippen LogP contribution is 2.20. The molecular weight excluding hydrogens is 240 g/mol. The largest absolute Gasteiger partial charge is 0.359 e. The average Bonchev–Trinajstić information content (AvgIpc) is 2.93. The van der Waals surface area contributed by atoms with E-state index in [2.05, 4.69) is 21.5 Å². The third-order valence-corrected chi connectivity index (χ3v) is 3.07. The summed E-state index contributed by atoms with van der Waals surface area (Å²) in [6, 6.07) is 9.53. The standard InChI is InChI=1S/C14H14N4O/c1-9-7-10-8-11(3-4-12(10)16-9)17-14(19)13-5-6-15-18(13)2/h3-8,16H,1-2H3,(H,17,19). The molecule has 0 radical (unpaired) electrons. The summed E-state index contributed by atoms with van der Waals surface area (Å²) in [5, 5.41) is 7.94. The van der Waals surface area contributed by atoms with E-state index in [1.54, 1.807) is 24.0 Å². The van der Waals surface area contributed by atoms with E-state index in [9.17, 15) is 4.79 Å². The van der Waals surface area contributed by atoms with Crippen LogP contribution in [-0.4, -0.2) is 20.7 Å². The molecule has 2 N–H and O–H groups in total. The Bertz CT molecular complexity index is 754. The van der Waals surface area contributed by atoms with Crippen LogP contribution in [0, 0.1) is 6.92 Å². The van der Waals surface area contributed by atoms with E-state index in [-0.39, 0.29) is 5.91 Å². The van der Waals surface area contributed by atoms with Crippen LogP contribution in [0.2, 0.25) is 0 Å². The van der Waals surface area contributed by atoms with Gasteiger partial charge in [-0.2, -0.15) is 5.10 Å². The van der Waals surface area contributed by atoms with Gasteiger partial charge in [0.25, 0.3) is 5.91 Å². The topological polar surface area (TPSA) is 62.7 Å². The Hall–Kier alpha value is -2.56. The summed E-state index contributed by atoms with van der Waals surface area (Å²) in [7, 11) is 1.74. The molecule has 1 aromatic carbocycles. The van der Waals surface area contributed by atoms with Gasteiger partial charge in [0.15, 0.2) is 0 Å². The number of hydrogen-bond donors (Lipinski definition) is 2. The molecule has 0 aliphatic carbocycles. The van der Waals surface area contributed by atoms with E-state index < -0.39 is 0 Å². The molecule has 0 saturated heterocycles. The highest BCUT2D eigenvalue weighted by atomic mass is 16.2. The van der Waals surface area contributed by atoms with Crippen molar-refractivity contribution in [1.82, 2.24) is 14.8 Å². The second-order valence-electron chi connectivity index (χ2n) is 4.55. The van der Waals surface area contributed by atoms with Gasteiger partial charge in [0.1, 0.15) is 5.69 Å². The fraction of sp³-hybridized carbons (Fsp3) is 0.143. The Labute approximate surface area is 110 Å². The lowest BCUT2D eigenvalue weighted by Crippen LogP contribution is -2.15. The minimum absolute atomic E-state index is 0.161. The predicted octanol–water partition coefficient (Wildman–Crippen LogP) is 2.46. The van der Waals surface area contributed by atoms with Crippen LogP contribution in [-0.2, 0) is 7.05 Å². The molecule has 0 atom stereocenters. The number of carbonyl (C=O) groups is 1. The first kappa shape index (κ1) is 11.5. The number of fused-ring (bicyclic) bond motifs is 1. The molecule has 19 heavy (non-hydrogen) atoms. The first-order valence-electron chi connectivity index (χ1n) is 6.02. The minimum Gasteiger partial charge on any atom is -0.359 e. The van der Waals surface area contributed by atoms with Crippen molar-refractivity contribution in [3.05, 3.63) is 47.9 Å². The smallest absolute Gasteiger partial charge is 0.273 e. The van der Waals surface area contributed by atoms with Crippen molar-refractivity contribution < 1.29 is 4.79 Å². The first-order valence-corrected chi connectivity index (χ1v) is 6.02. The first-order chi connectivity index (χ1) is 9.13. The summed E-state index contributed by atoms with van der Waals surface area (Å²) in [6.45, 7) is 2.01. The number of hydrogen-bond acceptors (Lipinski definition) is 2. The lowest BCUT2D eigenvalue weighted by atomic mass is 10.2. The molecule has 0 aliphatic heterocycles. The van der Waals surface area contributed by atoms with Crippen molar-refractivity contribution >= 4 is 22.5 Å². The number of amides is 1. The Balaban J connectivity index is 1.89. The second-order valence-corrected chi connectivity index (χ2v) is 4.55. The van der Waals surface area contributed by atoms with E-state index in [4.69, 9.17) is 0 Å². The molecule has 0 spiro atoms. The quantitative estimate of drug-likeness (QED) is 0.738. The van der Waals surface area contributed by atoms with Gasteiger partial charge in [-0.3, -0.25) is 9.48 Å². The van der Waals surface area contributed by atoms with Crippen molar-refractivity contribution in [2.75, 3.05) is 5.32 Å². The number of anilines is 1. The van der Waals surface area contributed by atoms with E-state index in [0.29, 0.717) is 5.69 Å². The minimum atomic E-state index is -0.161. The third-order valence-electron chi connectivity index (χ3n) is 3.07. The average molecular weight is 254 g/mol. The van der Waals surface area contributed by atoms with Crippen LogP contribution in [0.3, 0.4) is 0 Å². The molecule has 1 amide bonds. The highest BCUT2D eigenvalue weighted by Gasteiger charge is 2.10. The molecule has 2 heterocycles. The van der Waals surface area contributed by atoms with Gasteiger partial charge >= 0.3 is 0 Å². The molecule has 3 aromatic rings. The maximum absolute atomic E-state index is 12.1. The number of benzene rings is 1. The normalized spacial score (nSPS) is 10.8. The van der Waals surface area contributed by atoms with Gasteiger partial charge in [-0.15, -0.1) is 0 Å². The lowest BCUT2D eigenvalue weighted by Gasteiger charge is -2.05. The summed E-state index contributed by atoms with van der Waals surface area (Å²) in [5.74, 6) is -0.161. The number of nitrogens with one attached hydrogen (secondary N) is 2. The molecule has 0 bridgehead atoms. The summed E-state index contributed by atoms with van der Waals surface area (Å²) in [6.07, 6.45) is 1.60. The highest BCUT2D eigenvalue weighted by molar-refractivity contribution is 6.04. The Morgan fingerprint density at radius 3 is 2.89 bits per heavy atom. The number of aromatic amines is 1. The van der Waals surface area contributed by atoms with E-state index >= 15 is 0 Å². The molecule has 96 valence electrons. The van der Waals surface area contributed by atoms with Crippen LogP contribution in [0.25, 0.3) is 10.9 Å². The van der Waals surface area contributed by atoms with Crippen molar-refractivity contribution in [2.24, 2.45) is 7.05 Å². The molecule has 3 rings (SSSR count). The van der Waals surface area contributed by atoms with Crippen LogP contribution >= 0.6 is 0 Å². The van der Waals surface area contributed by atoms with E-state index in [0.717, 1.165) is 22.3 Å². The molecule has 0 fully saturated rings. The molecular formula is C14H14N4O. The predicted molar refractivity (Wildman–Crippen MR) is 74.2 cm³/mol. The van der Waals surface area contributed by atoms with E-state index in [1.165, 1.54) is 0 Å². The van der Waals surface area contributed by atoms with Crippen molar-refractivity contribution in [1.29, 1.82) is 0 Å². The number of nitrogens with zero attached hydrogens (tertiary/aromatic N) is 2. The maximum Gasteiger partial charge on any atom is 0.273 e. The number of carbonyl (C=O) groups excluding carboxylic acids is 1. The van der Waals surface area contributed by atoms with Crippen molar-refractivity contribution in [3.63, 3.8) is 0 Å². The van der Waals surface area contributed by atoms with Gasteiger partial charge in [-0.05, 0) is 37.3 Å². The van der Waals surface area contributed by atoms with Crippen LogP contribution in [0.5, 0.6) is 0 Å². The van der Waals surface area contributed by atoms with Gasteiger partial charge in [-0.25, -0.2) is 0 Å². The fourth-order valence-electron chi connectivity index (χ4n) is 2.15. The zero-order valence-corrected chi connectivity index (χ0v) is 10.8. The molecule has 5 heteroatoms. The van der Waals surface area contributed by atoms with Gasteiger partial charge in [0.05, 0.1) is 0 Å². The van der Waals surface area contributed by atoms with Gasteiger partial charge in [-0.1, -0.05) is 0 Å². The molecule has 2 aromatic heterocycles. The fourth-order valence-corrected chi connectivity index (χ4v) is 2.15.